The normalized spacial score (nSPS) is 14.5. The molecule has 1 heterocycles. The molecule has 0 fully saturated rings. The molecule has 1 aromatic heterocycles. The zero-order valence-electron chi connectivity index (χ0n) is 8.40. The van der Waals surface area contributed by atoms with Gasteiger partial charge in [0.2, 0.25) is 5.91 Å². The monoisotopic (exact) mass is 193 g/mol. The van der Waals surface area contributed by atoms with Crippen LogP contribution in [0.2, 0.25) is 0 Å². The Labute approximate surface area is 83.5 Å². The molecule has 1 amide bonds. The topological polar surface area (TPSA) is 68.0 Å². The molecule has 0 saturated heterocycles. The number of amides is 1. The van der Waals surface area contributed by atoms with Gasteiger partial charge in [-0.1, -0.05) is 0 Å². The van der Waals surface area contributed by atoms with Gasteiger partial charge < -0.3 is 11.1 Å². The lowest BCUT2D eigenvalue weighted by Gasteiger charge is -2.15. The van der Waals surface area contributed by atoms with Crippen LogP contribution in [0.4, 0.5) is 0 Å². The third-order valence-corrected chi connectivity index (χ3v) is 1.98. The summed E-state index contributed by atoms with van der Waals surface area (Å²) in [5.41, 5.74) is 6.46. The molecule has 0 saturated carbocycles. The summed E-state index contributed by atoms with van der Waals surface area (Å²) >= 11 is 0. The Hall–Kier alpha value is -1.42. The summed E-state index contributed by atoms with van der Waals surface area (Å²) in [6, 6.07) is 3.23. The van der Waals surface area contributed by atoms with Gasteiger partial charge in [-0.3, -0.25) is 9.78 Å². The lowest BCUT2D eigenvalue weighted by Crippen LogP contribution is -2.39. The van der Waals surface area contributed by atoms with E-state index in [0.717, 1.165) is 5.56 Å². The Morgan fingerprint density at radius 2 is 2.00 bits per heavy atom. The molecule has 3 N–H and O–H groups in total. The first-order valence-electron chi connectivity index (χ1n) is 4.57. The summed E-state index contributed by atoms with van der Waals surface area (Å²) in [6.45, 7) is 3.57. The van der Waals surface area contributed by atoms with Crippen molar-refractivity contribution in [2.75, 3.05) is 0 Å². The number of hydrogen-bond donors (Lipinski definition) is 2. The van der Waals surface area contributed by atoms with E-state index in [1.807, 2.05) is 19.1 Å². The van der Waals surface area contributed by atoms with E-state index in [9.17, 15) is 4.79 Å². The van der Waals surface area contributed by atoms with Crippen LogP contribution in [0, 0.1) is 0 Å². The Morgan fingerprint density at radius 3 is 2.50 bits per heavy atom. The molecule has 14 heavy (non-hydrogen) atoms. The molecular formula is C10H15N3O. The van der Waals surface area contributed by atoms with E-state index < -0.39 is 6.04 Å². The van der Waals surface area contributed by atoms with E-state index in [0.29, 0.717) is 0 Å². The smallest absolute Gasteiger partial charge is 0.237 e. The van der Waals surface area contributed by atoms with Crippen molar-refractivity contribution >= 4 is 5.91 Å². The van der Waals surface area contributed by atoms with Gasteiger partial charge in [-0.2, -0.15) is 0 Å². The summed E-state index contributed by atoms with van der Waals surface area (Å²) in [7, 11) is 0. The highest BCUT2D eigenvalue weighted by Crippen LogP contribution is 2.09. The molecule has 0 bridgehead atoms. The van der Waals surface area contributed by atoms with Crippen molar-refractivity contribution in [3.63, 3.8) is 0 Å². The molecule has 76 valence electrons. The van der Waals surface area contributed by atoms with E-state index in [1.165, 1.54) is 0 Å². The van der Waals surface area contributed by atoms with Gasteiger partial charge in [0.15, 0.2) is 0 Å². The minimum atomic E-state index is -0.473. The number of carbonyl (C=O) groups excluding carboxylic acids is 1. The van der Waals surface area contributed by atoms with Crippen molar-refractivity contribution in [1.29, 1.82) is 0 Å². The molecule has 4 nitrogen and oxygen atoms in total. The zero-order chi connectivity index (χ0) is 10.6. The van der Waals surface area contributed by atoms with E-state index in [2.05, 4.69) is 10.3 Å². The summed E-state index contributed by atoms with van der Waals surface area (Å²) < 4.78 is 0. The van der Waals surface area contributed by atoms with Crippen LogP contribution in [0.5, 0.6) is 0 Å². The molecule has 0 spiro atoms. The van der Waals surface area contributed by atoms with E-state index in [-0.39, 0.29) is 11.9 Å². The lowest BCUT2D eigenvalue weighted by molar-refractivity contribution is -0.122. The Balaban J connectivity index is 2.59. The van der Waals surface area contributed by atoms with Crippen LogP contribution in [0.1, 0.15) is 25.5 Å². The quantitative estimate of drug-likeness (QED) is 0.739. The number of carbonyl (C=O) groups is 1. The number of hydrogen-bond acceptors (Lipinski definition) is 3. The van der Waals surface area contributed by atoms with Crippen LogP contribution in [0.25, 0.3) is 0 Å². The molecule has 0 aliphatic rings. The van der Waals surface area contributed by atoms with Gasteiger partial charge in [-0.25, -0.2) is 0 Å². The third kappa shape index (κ3) is 2.81. The first-order chi connectivity index (χ1) is 6.61. The number of pyridine rings is 1. The average Bonchev–Trinajstić information content (AvgIpc) is 2.19. The number of nitrogens with two attached hydrogens (primary N) is 1. The SMILES string of the molecule is CC(NC(=O)[C@@H](C)N)c1ccncc1. The highest BCUT2D eigenvalue weighted by Gasteiger charge is 2.11. The summed E-state index contributed by atoms with van der Waals surface area (Å²) in [5, 5.41) is 2.80. The fourth-order valence-corrected chi connectivity index (χ4v) is 1.08. The van der Waals surface area contributed by atoms with Gasteiger partial charge in [0, 0.05) is 12.4 Å². The Kier molecular flexibility index (Phi) is 3.59. The van der Waals surface area contributed by atoms with Gasteiger partial charge in [0.25, 0.3) is 0 Å². The first-order valence-corrected chi connectivity index (χ1v) is 4.57. The minimum absolute atomic E-state index is 0.0310. The minimum Gasteiger partial charge on any atom is -0.348 e. The van der Waals surface area contributed by atoms with Gasteiger partial charge >= 0.3 is 0 Å². The summed E-state index contributed by atoms with van der Waals surface area (Å²) in [6.07, 6.45) is 3.40. The maximum atomic E-state index is 11.3. The number of aromatic nitrogens is 1. The predicted octanol–water partition coefficient (Wildman–Crippen LogP) is 0.606. The highest BCUT2D eigenvalue weighted by molar-refractivity contribution is 5.81. The Bertz CT molecular complexity index is 297. The second kappa shape index (κ2) is 4.72. The van der Waals surface area contributed by atoms with E-state index in [1.54, 1.807) is 19.3 Å². The van der Waals surface area contributed by atoms with Gasteiger partial charge in [0.05, 0.1) is 12.1 Å². The number of nitrogens with one attached hydrogen (secondary N) is 1. The number of rotatable bonds is 3. The highest BCUT2D eigenvalue weighted by atomic mass is 16.2. The number of nitrogens with zero attached hydrogens (tertiary/aromatic N) is 1. The van der Waals surface area contributed by atoms with E-state index in [4.69, 9.17) is 5.73 Å². The second-order valence-corrected chi connectivity index (χ2v) is 3.30. The molecule has 1 unspecified atom stereocenters. The van der Waals surface area contributed by atoms with E-state index >= 15 is 0 Å². The molecule has 0 aliphatic carbocycles. The standard InChI is InChI=1S/C10H15N3O/c1-7(11)10(14)13-8(2)9-3-5-12-6-4-9/h3-8H,11H2,1-2H3,(H,13,14)/t7-,8?/m1/s1. The molecule has 2 atom stereocenters. The van der Waals surface area contributed by atoms with Crippen molar-refractivity contribution < 1.29 is 4.79 Å². The Morgan fingerprint density at radius 1 is 1.43 bits per heavy atom. The largest absolute Gasteiger partial charge is 0.348 e. The van der Waals surface area contributed by atoms with Crippen molar-refractivity contribution in [2.24, 2.45) is 5.73 Å². The van der Waals surface area contributed by atoms with Gasteiger partial charge in [-0.05, 0) is 31.5 Å². The van der Waals surface area contributed by atoms with Crippen LogP contribution >= 0.6 is 0 Å². The molecular weight excluding hydrogens is 178 g/mol. The van der Waals surface area contributed by atoms with Gasteiger partial charge in [0.1, 0.15) is 0 Å². The second-order valence-electron chi connectivity index (χ2n) is 3.30. The lowest BCUT2D eigenvalue weighted by atomic mass is 10.1. The van der Waals surface area contributed by atoms with Crippen LogP contribution in [0.3, 0.4) is 0 Å². The third-order valence-electron chi connectivity index (χ3n) is 1.98. The molecule has 0 aromatic carbocycles. The fourth-order valence-electron chi connectivity index (χ4n) is 1.08. The first kappa shape index (κ1) is 10.7. The average molecular weight is 193 g/mol. The summed E-state index contributed by atoms with van der Waals surface area (Å²) in [5.74, 6) is -0.144. The maximum Gasteiger partial charge on any atom is 0.237 e. The molecule has 1 rings (SSSR count). The van der Waals surface area contributed by atoms with Crippen LogP contribution in [-0.4, -0.2) is 16.9 Å². The molecule has 0 radical (unpaired) electrons. The van der Waals surface area contributed by atoms with Crippen LogP contribution in [0.15, 0.2) is 24.5 Å². The summed E-state index contributed by atoms with van der Waals surface area (Å²) in [4.78, 5) is 15.2. The molecule has 0 aliphatic heterocycles. The van der Waals surface area contributed by atoms with Crippen LogP contribution < -0.4 is 11.1 Å². The van der Waals surface area contributed by atoms with Crippen molar-refractivity contribution in [2.45, 2.75) is 25.9 Å². The van der Waals surface area contributed by atoms with Crippen LogP contribution in [-0.2, 0) is 4.79 Å². The predicted molar refractivity (Wildman–Crippen MR) is 54.4 cm³/mol. The zero-order valence-corrected chi connectivity index (χ0v) is 8.40. The fraction of sp³-hybridized carbons (Fsp3) is 0.400. The van der Waals surface area contributed by atoms with Crippen molar-refractivity contribution in [1.82, 2.24) is 10.3 Å². The molecule has 4 heteroatoms. The van der Waals surface area contributed by atoms with Crippen molar-refractivity contribution in [3.8, 4) is 0 Å². The molecule has 1 aromatic rings. The van der Waals surface area contributed by atoms with Gasteiger partial charge in [-0.15, -0.1) is 0 Å². The van der Waals surface area contributed by atoms with Crippen molar-refractivity contribution in [3.05, 3.63) is 30.1 Å². The maximum absolute atomic E-state index is 11.3.